The van der Waals surface area contributed by atoms with Crippen molar-refractivity contribution >= 4 is 29.3 Å². The SMILES string of the molecule is CC1N=CC2=C1c1ccccc1Oc1ccccc12.O=C(O)/C=C\C(=O)O. The van der Waals surface area contributed by atoms with E-state index in [0.29, 0.717) is 12.2 Å². The fourth-order valence-electron chi connectivity index (χ4n) is 2.96. The highest BCUT2D eigenvalue weighted by Gasteiger charge is 2.27. The summed E-state index contributed by atoms with van der Waals surface area (Å²) < 4.78 is 6.08. The monoisotopic (exact) mass is 363 g/mol. The predicted molar refractivity (Wildman–Crippen MR) is 102 cm³/mol. The smallest absolute Gasteiger partial charge is 0.328 e. The molecule has 0 aromatic heterocycles. The fourth-order valence-corrected chi connectivity index (χ4v) is 2.96. The molecule has 2 aromatic carbocycles. The third-order valence-corrected chi connectivity index (χ3v) is 4.08. The second-order valence-corrected chi connectivity index (χ2v) is 5.89. The number of carboxylic acids is 2. The molecule has 6 heteroatoms. The third kappa shape index (κ3) is 3.95. The molecule has 0 spiro atoms. The average molecular weight is 363 g/mol. The lowest BCUT2D eigenvalue weighted by Crippen LogP contribution is -1.99. The van der Waals surface area contributed by atoms with E-state index in [-0.39, 0.29) is 6.04 Å². The van der Waals surface area contributed by atoms with E-state index in [1.807, 2.05) is 42.6 Å². The Balaban J connectivity index is 0.000000226. The van der Waals surface area contributed by atoms with Gasteiger partial charge >= 0.3 is 11.9 Å². The molecule has 2 N–H and O–H groups in total. The first kappa shape index (κ1) is 18.1. The Kier molecular flexibility index (Phi) is 5.17. The average Bonchev–Trinajstić information content (AvgIpc) is 2.95. The van der Waals surface area contributed by atoms with Gasteiger partial charge in [-0.05, 0) is 24.6 Å². The molecule has 6 nitrogen and oxygen atoms in total. The van der Waals surface area contributed by atoms with Gasteiger partial charge in [0.2, 0.25) is 0 Å². The van der Waals surface area contributed by atoms with Crippen LogP contribution in [0.1, 0.15) is 18.1 Å². The molecule has 27 heavy (non-hydrogen) atoms. The van der Waals surface area contributed by atoms with Crippen LogP contribution in [0, 0.1) is 0 Å². The minimum absolute atomic E-state index is 0.186. The number of aliphatic carboxylic acids is 2. The van der Waals surface area contributed by atoms with Gasteiger partial charge in [0.15, 0.2) is 0 Å². The molecule has 2 aliphatic rings. The first-order valence-electron chi connectivity index (χ1n) is 8.25. The van der Waals surface area contributed by atoms with E-state index in [9.17, 15) is 9.59 Å². The molecule has 2 heterocycles. The molecule has 0 radical (unpaired) electrons. The first-order valence-corrected chi connectivity index (χ1v) is 8.25. The number of nitrogens with zero attached hydrogens (tertiary/aromatic N) is 1. The fraction of sp³-hybridized carbons (Fsp3) is 0.0952. The molecule has 2 aromatic rings. The number of carboxylic acid groups (broad SMARTS) is 2. The predicted octanol–water partition coefficient (Wildman–Crippen LogP) is 3.89. The zero-order valence-corrected chi connectivity index (χ0v) is 14.5. The quantitative estimate of drug-likeness (QED) is 0.789. The Labute approximate surface area is 155 Å². The van der Waals surface area contributed by atoms with Gasteiger partial charge in [0.25, 0.3) is 0 Å². The molecule has 0 aliphatic carbocycles. The second-order valence-electron chi connectivity index (χ2n) is 5.89. The van der Waals surface area contributed by atoms with Crippen molar-refractivity contribution in [1.82, 2.24) is 0 Å². The normalized spacial score (nSPS) is 16.4. The maximum absolute atomic E-state index is 9.55. The zero-order valence-electron chi connectivity index (χ0n) is 14.5. The number of rotatable bonds is 2. The summed E-state index contributed by atoms with van der Waals surface area (Å²) in [6, 6.07) is 16.5. The van der Waals surface area contributed by atoms with Gasteiger partial charge in [0.1, 0.15) is 11.5 Å². The molecule has 0 saturated heterocycles. The molecular weight excluding hydrogens is 346 g/mol. The van der Waals surface area contributed by atoms with Crippen LogP contribution in [0.2, 0.25) is 0 Å². The van der Waals surface area contributed by atoms with Gasteiger partial charge in [-0.15, -0.1) is 0 Å². The van der Waals surface area contributed by atoms with E-state index in [1.54, 1.807) is 0 Å². The highest BCUT2D eigenvalue weighted by Crippen LogP contribution is 2.45. The van der Waals surface area contributed by atoms with E-state index in [0.717, 1.165) is 22.6 Å². The number of allylic oxidation sites excluding steroid dienone is 1. The summed E-state index contributed by atoms with van der Waals surface area (Å²) in [7, 11) is 0. The van der Waals surface area contributed by atoms with Gasteiger partial charge in [-0.2, -0.15) is 0 Å². The van der Waals surface area contributed by atoms with Crippen LogP contribution < -0.4 is 4.74 Å². The van der Waals surface area contributed by atoms with Gasteiger partial charge in [0, 0.05) is 35.1 Å². The molecule has 1 unspecified atom stereocenters. The Morgan fingerprint density at radius 3 is 2.04 bits per heavy atom. The van der Waals surface area contributed by atoms with Gasteiger partial charge in [-0.1, -0.05) is 36.4 Å². The lowest BCUT2D eigenvalue weighted by atomic mass is 9.93. The number of benzene rings is 2. The molecular formula is C21H17NO5. The number of fused-ring (bicyclic) bond motifs is 4. The number of carbonyl (C=O) groups is 2. The number of hydrogen-bond donors (Lipinski definition) is 2. The van der Waals surface area contributed by atoms with Crippen molar-refractivity contribution in [2.24, 2.45) is 4.99 Å². The highest BCUT2D eigenvalue weighted by atomic mass is 16.5. The number of aliphatic imine (C=N–C) groups is 1. The topological polar surface area (TPSA) is 96.2 Å². The number of ether oxygens (including phenoxy) is 1. The Morgan fingerprint density at radius 2 is 1.44 bits per heavy atom. The summed E-state index contributed by atoms with van der Waals surface area (Å²) in [6.45, 7) is 2.13. The van der Waals surface area contributed by atoms with Crippen LogP contribution in [0.5, 0.6) is 11.5 Å². The molecule has 4 rings (SSSR count). The van der Waals surface area contributed by atoms with Crippen molar-refractivity contribution in [2.45, 2.75) is 13.0 Å². The molecule has 0 bridgehead atoms. The van der Waals surface area contributed by atoms with E-state index in [1.165, 1.54) is 11.1 Å². The largest absolute Gasteiger partial charge is 0.478 e. The number of para-hydroxylation sites is 2. The summed E-state index contributed by atoms with van der Waals surface area (Å²) in [6.07, 6.45) is 3.09. The van der Waals surface area contributed by atoms with Crippen LogP contribution in [0.25, 0.3) is 11.1 Å². The van der Waals surface area contributed by atoms with E-state index in [2.05, 4.69) is 24.0 Å². The highest BCUT2D eigenvalue weighted by molar-refractivity contribution is 6.24. The van der Waals surface area contributed by atoms with Crippen LogP contribution in [0.3, 0.4) is 0 Å². The zero-order chi connectivity index (χ0) is 19.4. The van der Waals surface area contributed by atoms with Crippen molar-refractivity contribution in [3.8, 4) is 11.5 Å². The van der Waals surface area contributed by atoms with Crippen molar-refractivity contribution in [2.75, 3.05) is 0 Å². The molecule has 0 amide bonds. The van der Waals surface area contributed by atoms with Gasteiger partial charge in [-0.25, -0.2) is 9.59 Å². The van der Waals surface area contributed by atoms with Crippen molar-refractivity contribution in [1.29, 1.82) is 0 Å². The van der Waals surface area contributed by atoms with Crippen LogP contribution in [-0.2, 0) is 9.59 Å². The molecule has 0 saturated carbocycles. The van der Waals surface area contributed by atoms with Crippen LogP contribution >= 0.6 is 0 Å². The van der Waals surface area contributed by atoms with E-state index < -0.39 is 11.9 Å². The summed E-state index contributed by atoms with van der Waals surface area (Å²) in [5.74, 6) is -0.697. The summed E-state index contributed by atoms with van der Waals surface area (Å²) in [5, 5.41) is 15.6. The third-order valence-electron chi connectivity index (χ3n) is 4.08. The standard InChI is InChI=1S/C17H13NO.C4H4O4/c1-11-17-13-7-3-5-9-16(13)19-15-8-4-2-6-12(15)14(17)10-18-11;5-3(6)1-2-4(7)8/h2-11H,1H3;1-2H,(H,5,6)(H,7,8)/b;2-1-. The lowest BCUT2D eigenvalue weighted by Gasteiger charge is -2.11. The Hall–Kier alpha value is -3.67. The van der Waals surface area contributed by atoms with Gasteiger partial charge < -0.3 is 14.9 Å². The lowest BCUT2D eigenvalue weighted by molar-refractivity contribution is -0.134. The van der Waals surface area contributed by atoms with Crippen molar-refractivity contribution in [3.05, 3.63) is 71.8 Å². The summed E-state index contributed by atoms with van der Waals surface area (Å²) in [5.41, 5.74) is 4.73. The van der Waals surface area contributed by atoms with Crippen molar-refractivity contribution < 1.29 is 24.5 Å². The first-order chi connectivity index (χ1) is 13.0. The molecule has 0 fully saturated rings. The minimum atomic E-state index is -1.26. The van der Waals surface area contributed by atoms with Crippen LogP contribution in [0.15, 0.2) is 65.7 Å². The van der Waals surface area contributed by atoms with E-state index >= 15 is 0 Å². The number of hydrogen-bond acceptors (Lipinski definition) is 4. The minimum Gasteiger partial charge on any atom is -0.478 e. The van der Waals surface area contributed by atoms with E-state index in [4.69, 9.17) is 14.9 Å². The maximum Gasteiger partial charge on any atom is 0.328 e. The van der Waals surface area contributed by atoms with Gasteiger partial charge in [0.05, 0.1) is 6.04 Å². The van der Waals surface area contributed by atoms with Crippen LogP contribution in [-0.4, -0.2) is 34.4 Å². The summed E-state index contributed by atoms with van der Waals surface area (Å²) >= 11 is 0. The Morgan fingerprint density at radius 1 is 0.926 bits per heavy atom. The van der Waals surface area contributed by atoms with Crippen LogP contribution in [0.4, 0.5) is 0 Å². The van der Waals surface area contributed by atoms with Gasteiger partial charge in [-0.3, -0.25) is 4.99 Å². The molecule has 2 aliphatic heterocycles. The second kappa shape index (κ2) is 7.70. The molecule has 1 atom stereocenters. The maximum atomic E-state index is 9.55. The Bertz CT molecular complexity index is 972. The summed E-state index contributed by atoms with van der Waals surface area (Å²) in [4.78, 5) is 23.7. The molecule has 136 valence electrons. The van der Waals surface area contributed by atoms with Crippen molar-refractivity contribution in [3.63, 3.8) is 0 Å².